The van der Waals surface area contributed by atoms with Crippen molar-refractivity contribution < 1.29 is 22.7 Å². The van der Waals surface area contributed by atoms with Crippen molar-refractivity contribution in [3.63, 3.8) is 0 Å². The molecule has 37 heavy (non-hydrogen) atoms. The standard InChI is InChI=1S/C26H19F3N6O2/c27-19-7-4-8-21(25(19)29)33-24(36)14-35-13-18(12-31-35)32-26-30-11-17-9-20(28)23(10-22(17)34-26)37-15-16-5-2-1-3-6-16/h1-13H,14-15H2,(H,33,36)(H,30,32,34). The molecule has 2 heterocycles. The third kappa shape index (κ3) is 5.67. The van der Waals surface area contributed by atoms with Crippen molar-refractivity contribution in [2.45, 2.75) is 13.2 Å². The Kier molecular flexibility index (Phi) is 6.66. The molecule has 2 N–H and O–H groups in total. The Labute approximate surface area is 208 Å². The van der Waals surface area contributed by atoms with E-state index in [4.69, 9.17) is 4.74 Å². The van der Waals surface area contributed by atoms with Crippen molar-refractivity contribution in [3.05, 3.63) is 102 Å². The molecular weight excluding hydrogens is 485 g/mol. The SMILES string of the molecule is O=C(Cn1cc(Nc2ncc3cc(F)c(OCc4ccccc4)cc3n2)cn1)Nc1cccc(F)c1F. The Bertz CT molecular complexity index is 1580. The molecule has 1 amide bonds. The molecule has 0 saturated carbocycles. The summed E-state index contributed by atoms with van der Waals surface area (Å²) in [7, 11) is 0. The van der Waals surface area contributed by atoms with Gasteiger partial charge in [-0.05, 0) is 23.8 Å². The van der Waals surface area contributed by atoms with Crippen molar-refractivity contribution in [3.8, 4) is 5.75 Å². The van der Waals surface area contributed by atoms with Crippen LogP contribution in [0.15, 0.2) is 79.3 Å². The van der Waals surface area contributed by atoms with Crippen LogP contribution in [0.25, 0.3) is 10.9 Å². The van der Waals surface area contributed by atoms with Crippen LogP contribution >= 0.6 is 0 Å². The number of aromatic nitrogens is 4. The highest BCUT2D eigenvalue weighted by molar-refractivity contribution is 5.90. The summed E-state index contributed by atoms with van der Waals surface area (Å²) >= 11 is 0. The summed E-state index contributed by atoms with van der Waals surface area (Å²) in [6.45, 7) is -0.0321. The fourth-order valence-electron chi connectivity index (χ4n) is 3.52. The van der Waals surface area contributed by atoms with E-state index in [0.717, 1.165) is 11.6 Å². The Hall–Kier alpha value is -4.93. The number of amides is 1. The normalized spacial score (nSPS) is 10.9. The van der Waals surface area contributed by atoms with E-state index >= 15 is 0 Å². The van der Waals surface area contributed by atoms with E-state index in [-0.39, 0.29) is 30.5 Å². The third-order valence-electron chi connectivity index (χ3n) is 5.29. The molecule has 0 aliphatic heterocycles. The molecule has 0 aliphatic carbocycles. The van der Waals surface area contributed by atoms with Gasteiger partial charge in [0.15, 0.2) is 23.2 Å². The van der Waals surface area contributed by atoms with E-state index in [2.05, 4.69) is 25.7 Å². The van der Waals surface area contributed by atoms with Gasteiger partial charge >= 0.3 is 0 Å². The van der Waals surface area contributed by atoms with Gasteiger partial charge in [-0.2, -0.15) is 5.10 Å². The molecule has 0 radical (unpaired) electrons. The molecule has 5 aromatic rings. The first kappa shape index (κ1) is 23.8. The second kappa shape index (κ2) is 10.4. The van der Waals surface area contributed by atoms with Crippen molar-refractivity contribution in [1.82, 2.24) is 19.7 Å². The van der Waals surface area contributed by atoms with Gasteiger partial charge in [0.05, 0.1) is 23.1 Å². The smallest absolute Gasteiger partial charge is 0.246 e. The molecule has 0 atom stereocenters. The fraction of sp³-hybridized carbons (Fsp3) is 0.0769. The summed E-state index contributed by atoms with van der Waals surface area (Å²) in [5.41, 5.74) is 1.58. The maximum absolute atomic E-state index is 14.5. The minimum atomic E-state index is -1.14. The molecule has 0 spiro atoms. The monoisotopic (exact) mass is 504 g/mol. The van der Waals surface area contributed by atoms with E-state index in [1.807, 2.05) is 30.3 Å². The van der Waals surface area contributed by atoms with Crippen LogP contribution in [-0.2, 0) is 17.9 Å². The van der Waals surface area contributed by atoms with Crippen LogP contribution in [0.3, 0.4) is 0 Å². The lowest BCUT2D eigenvalue weighted by Crippen LogP contribution is -2.19. The molecule has 2 aromatic heterocycles. The summed E-state index contributed by atoms with van der Waals surface area (Å²) in [4.78, 5) is 20.8. The molecule has 8 nitrogen and oxygen atoms in total. The predicted octanol–water partition coefficient (Wildman–Crippen LogP) is 5.20. The number of carbonyl (C=O) groups excluding carboxylic acids is 1. The average molecular weight is 504 g/mol. The van der Waals surface area contributed by atoms with Crippen molar-refractivity contribution >= 4 is 34.1 Å². The molecule has 0 unspecified atom stereocenters. The van der Waals surface area contributed by atoms with Gasteiger partial charge < -0.3 is 15.4 Å². The number of nitrogens with one attached hydrogen (secondary N) is 2. The lowest BCUT2D eigenvalue weighted by Gasteiger charge is -2.09. The van der Waals surface area contributed by atoms with Gasteiger partial charge in [-0.15, -0.1) is 0 Å². The number of nitrogens with zero attached hydrogens (tertiary/aromatic N) is 4. The van der Waals surface area contributed by atoms with Gasteiger partial charge in [-0.25, -0.2) is 23.1 Å². The molecule has 0 saturated heterocycles. The summed E-state index contributed by atoms with van der Waals surface area (Å²) < 4.78 is 48.5. The van der Waals surface area contributed by atoms with Gasteiger partial charge in [0, 0.05) is 23.8 Å². The zero-order chi connectivity index (χ0) is 25.8. The zero-order valence-electron chi connectivity index (χ0n) is 19.2. The number of benzene rings is 3. The summed E-state index contributed by atoms with van der Waals surface area (Å²) in [5.74, 6) is -3.03. The highest BCUT2D eigenvalue weighted by Crippen LogP contribution is 2.25. The molecule has 5 rings (SSSR count). The van der Waals surface area contributed by atoms with Gasteiger partial charge in [0.2, 0.25) is 11.9 Å². The quantitative estimate of drug-likeness (QED) is 0.302. The van der Waals surface area contributed by atoms with Gasteiger partial charge in [0.1, 0.15) is 13.2 Å². The minimum Gasteiger partial charge on any atom is -0.486 e. The lowest BCUT2D eigenvalue weighted by atomic mass is 10.2. The zero-order valence-corrected chi connectivity index (χ0v) is 19.2. The Balaban J connectivity index is 1.25. The first-order chi connectivity index (χ1) is 17.9. The molecule has 0 aliphatic rings. The minimum absolute atomic E-state index is 0.0644. The number of hydrogen-bond acceptors (Lipinski definition) is 6. The second-order valence-electron chi connectivity index (χ2n) is 8.01. The number of anilines is 3. The van der Waals surface area contributed by atoms with E-state index < -0.39 is 23.4 Å². The summed E-state index contributed by atoms with van der Waals surface area (Å²) in [6, 6.07) is 15.7. The van der Waals surface area contributed by atoms with Crippen molar-refractivity contribution in [2.24, 2.45) is 0 Å². The van der Waals surface area contributed by atoms with Crippen molar-refractivity contribution in [1.29, 1.82) is 0 Å². The van der Waals surface area contributed by atoms with Crippen LogP contribution in [0.2, 0.25) is 0 Å². The van der Waals surface area contributed by atoms with Gasteiger partial charge in [-0.3, -0.25) is 9.48 Å². The summed E-state index contributed by atoms with van der Waals surface area (Å²) in [5, 5.41) is 9.84. The van der Waals surface area contributed by atoms with E-state index in [9.17, 15) is 18.0 Å². The Morgan fingerprint density at radius 1 is 0.973 bits per heavy atom. The van der Waals surface area contributed by atoms with Crippen LogP contribution in [0.1, 0.15) is 5.56 Å². The van der Waals surface area contributed by atoms with Gasteiger partial charge in [-0.1, -0.05) is 36.4 Å². The van der Waals surface area contributed by atoms with E-state index in [1.54, 1.807) is 0 Å². The maximum Gasteiger partial charge on any atom is 0.246 e. The second-order valence-corrected chi connectivity index (χ2v) is 8.01. The molecule has 11 heteroatoms. The first-order valence-corrected chi connectivity index (χ1v) is 11.1. The molecule has 0 fully saturated rings. The number of halogens is 3. The highest BCUT2D eigenvalue weighted by atomic mass is 19.2. The third-order valence-corrected chi connectivity index (χ3v) is 5.29. The van der Waals surface area contributed by atoms with Crippen molar-refractivity contribution in [2.75, 3.05) is 10.6 Å². The molecule has 3 aromatic carbocycles. The van der Waals surface area contributed by atoms with Crippen LogP contribution in [-0.4, -0.2) is 25.7 Å². The molecule has 186 valence electrons. The Morgan fingerprint density at radius 2 is 1.81 bits per heavy atom. The van der Waals surface area contributed by atoms with Gasteiger partial charge in [0.25, 0.3) is 0 Å². The number of fused-ring (bicyclic) bond motifs is 1. The lowest BCUT2D eigenvalue weighted by molar-refractivity contribution is -0.116. The van der Waals surface area contributed by atoms with Crippen LogP contribution in [0.4, 0.5) is 30.5 Å². The number of hydrogen-bond donors (Lipinski definition) is 2. The van der Waals surface area contributed by atoms with E-state index in [0.29, 0.717) is 16.6 Å². The number of ether oxygens (including phenoxy) is 1. The first-order valence-electron chi connectivity index (χ1n) is 11.1. The largest absolute Gasteiger partial charge is 0.486 e. The average Bonchev–Trinajstić information content (AvgIpc) is 3.32. The van der Waals surface area contributed by atoms with E-state index in [1.165, 1.54) is 47.5 Å². The number of carbonyl (C=O) groups is 1. The molecular formula is C26H19F3N6O2. The van der Waals surface area contributed by atoms with Crippen LogP contribution in [0.5, 0.6) is 5.75 Å². The highest BCUT2D eigenvalue weighted by Gasteiger charge is 2.13. The number of rotatable bonds is 8. The fourth-order valence-corrected chi connectivity index (χ4v) is 3.52. The van der Waals surface area contributed by atoms with Crippen LogP contribution in [0, 0.1) is 17.5 Å². The topological polar surface area (TPSA) is 94.0 Å². The van der Waals surface area contributed by atoms with Crippen LogP contribution < -0.4 is 15.4 Å². The maximum atomic E-state index is 14.5. The summed E-state index contributed by atoms with van der Waals surface area (Å²) in [6.07, 6.45) is 4.44. The predicted molar refractivity (Wildman–Crippen MR) is 131 cm³/mol. The Morgan fingerprint density at radius 3 is 2.65 bits per heavy atom. The molecule has 0 bridgehead atoms.